The highest BCUT2D eigenvalue weighted by molar-refractivity contribution is 5.78. The van der Waals surface area contributed by atoms with Crippen LogP contribution in [0.2, 0.25) is 0 Å². The van der Waals surface area contributed by atoms with Crippen molar-refractivity contribution in [3.8, 4) is 11.5 Å². The molecule has 3 heterocycles. The molecule has 6 rings (SSSR count). The summed E-state index contributed by atoms with van der Waals surface area (Å²) >= 11 is 0. The fraction of sp³-hybridized carbons (Fsp3) is 0.226. The number of nitrogens with zero attached hydrogens (tertiary/aromatic N) is 5. The molecule has 1 unspecified atom stereocenters. The average molecular weight is 552 g/mol. The Morgan fingerprint density at radius 3 is 2.27 bits per heavy atom. The molecule has 10 nitrogen and oxygen atoms in total. The summed E-state index contributed by atoms with van der Waals surface area (Å²) in [7, 11) is 1.55. The van der Waals surface area contributed by atoms with Crippen LogP contribution in [0.3, 0.4) is 0 Å². The van der Waals surface area contributed by atoms with Gasteiger partial charge in [-0.05, 0) is 47.9 Å². The smallest absolute Gasteiger partial charge is 0.333 e. The lowest BCUT2D eigenvalue weighted by Crippen LogP contribution is -2.42. The van der Waals surface area contributed by atoms with Crippen molar-refractivity contribution in [3.63, 3.8) is 0 Å². The van der Waals surface area contributed by atoms with Crippen LogP contribution in [0.1, 0.15) is 12.5 Å². The van der Waals surface area contributed by atoms with E-state index < -0.39 is 23.8 Å². The number of ether oxygens (including phenoxy) is 2. The van der Waals surface area contributed by atoms with Crippen LogP contribution in [0.15, 0.2) is 94.5 Å². The minimum atomic E-state index is -0.668. The predicted octanol–water partition coefficient (Wildman–Crippen LogP) is 4.22. The molecule has 0 saturated heterocycles. The summed E-state index contributed by atoms with van der Waals surface area (Å²) in [5.41, 5.74) is 1.04. The van der Waals surface area contributed by atoms with Crippen molar-refractivity contribution in [1.29, 1.82) is 0 Å². The molecule has 0 bridgehead atoms. The van der Waals surface area contributed by atoms with Crippen molar-refractivity contribution in [1.82, 2.24) is 18.7 Å². The van der Waals surface area contributed by atoms with Crippen molar-refractivity contribution >= 4 is 28.8 Å². The maximum Gasteiger partial charge on any atom is 0.333 e. The molecule has 1 atom stereocenters. The van der Waals surface area contributed by atoms with Crippen molar-refractivity contribution in [3.05, 3.63) is 111 Å². The number of anilines is 2. The van der Waals surface area contributed by atoms with Crippen LogP contribution >= 0.6 is 0 Å². The molecule has 5 aromatic rings. The quantitative estimate of drug-likeness (QED) is 0.279. The number of hydrogen-bond acceptors (Lipinski definition) is 7. The van der Waals surface area contributed by atoms with Crippen molar-refractivity contribution in [2.45, 2.75) is 26.6 Å². The Kier molecular flexibility index (Phi) is 6.88. The number of esters is 1. The van der Waals surface area contributed by atoms with E-state index in [1.165, 1.54) is 4.57 Å². The van der Waals surface area contributed by atoms with Gasteiger partial charge in [0.25, 0.3) is 5.56 Å². The Balaban J connectivity index is 1.32. The van der Waals surface area contributed by atoms with Gasteiger partial charge in [0.1, 0.15) is 24.7 Å². The van der Waals surface area contributed by atoms with E-state index in [1.54, 1.807) is 7.05 Å². The second-order valence-electron chi connectivity index (χ2n) is 10.2. The van der Waals surface area contributed by atoms with Crippen LogP contribution in [0.4, 0.5) is 11.6 Å². The van der Waals surface area contributed by atoms with Crippen LogP contribution in [0, 0.1) is 5.92 Å². The summed E-state index contributed by atoms with van der Waals surface area (Å²) in [6, 6.07) is 26.4. The number of benzene rings is 3. The molecule has 10 heteroatoms. The lowest BCUT2D eigenvalue weighted by atomic mass is 10.1. The van der Waals surface area contributed by atoms with E-state index in [0.717, 1.165) is 21.6 Å². The molecule has 1 aliphatic heterocycles. The Morgan fingerprint density at radius 2 is 1.56 bits per heavy atom. The molecule has 0 fully saturated rings. The zero-order chi connectivity index (χ0) is 28.5. The highest BCUT2D eigenvalue weighted by atomic mass is 16.5. The number of aryl methyl sites for hydroxylation is 1. The first-order chi connectivity index (χ1) is 19.9. The standard InChI is InChI=1S/C31H29N5O5/c1-21-17-34(23-13-15-25(16-14-23)41-24-11-7-4-8-12-24)30-32-28-27(35(30)18-21)29(38)36(31(39)33(28)2)19-26(37)40-20-22-9-5-3-6-10-22/h3-16,21H,17-20H2,1-2H3. The number of aromatic nitrogens is 4. The minimum absolute atomic E-state index is 0.0563. The van der Waals surface area contributed by atoms with Crippen LogP contribution in [-0.2, 0) is 36.3 Å². The lowest BCUT2D eigenvalue weighted by Gasteiger charge is -2.33. The third-order valence-electron chi connectivity index (χ3n) is 7.10. The number of fused-ring (bicyclic) bond motifs is 3. The van der Waals surface area contributed by atoms with Crippen LogP contribution in [-0.4, -0.2) is 31.2 Å². The largest absolute Gasteiger partial charge is 0.459 e. The summed E-state index contributed by atoms with van der Waals surface area (Å²) in [5.74, 6) is 1.52. The van der Waals surface area contributed by atoms with Gasteiger partial charge in [-0.25, -0.2) is 9.36 Å². The molecule has 1 aliphatic rings. The maximum absolute atomic E-state index is 13.7. The number of imidazole rings is 1. The topological polar surface area (TPSA) is 101 Å². The van der Waals surface area contributed by atoms with Gasteiger partial charge in [-0.1, -0.05) is 55.5 Å². The fourth-order valence-corrected chi connectivity index (χ4v) is 5.09. The van der Waals surface area contributed by atoms with Gasteiger partial charge < -0.3 is 18.9 Å². The van der Waals surface area contributed by atoms with E-state index in [2.05, 4.69) is 6.92 Å². The number of para-hydroxylation sites is 1. The molecule has 0 radical (unpaired) electrons. The predicted molar refractivity (Wildman–Crippen MR) is 155 cm³/mol. The molecular weight excluding hydrogens is 522 g/mol. The van der Waals surface area contributed by atoms with E-state index in [0.29, 0.717) is 24.8 Å². The van der Waals surface area contributed by atoms with Gasteiger partial charge in [0.2, 0.25) is 5.95 Å². The molecule has 2 aromatic heterocycles. The molecule has 0 spiro atoms. The Morgan fingerprint density at radius 1 is 0.902 bits per heavy atom. The molecule has 3 aromatic carbocycles. The zero-order valence-electron chi connectivity index (χ0n) is 22.8. The van der Waals surface area contributed by atoms with E-state index in [4.69, 9.17) is 14.5 Å². The SMILES string of the molecule is CC1CN(c2ccc(Oc3ccccc3)cc2)c2nc3c(c(=O)n(CC(=O)OCc4ccccc4)c(=O)n3C)n2C1. The molecule has 0 N–H and O–H groups in total. The first-order valence-electron chi connectivity index (χ1n) is 13.4. The number of rotatable bonds is 7. The highest BCUT2D eigenvalue weighted by Crippen LogP contribution is 2.34. The van der Waals surface area contributed by atoms with Crippen LogP contribution < -0.4 is 20.9 Å². The number of carbonyl (C=O) groups excluding carboxylic acids is 1. The minimum Gasteiger partial charge on any atom is -0.459 e. The van der Waals surface area contributed by atoms with Gasteiger partial charge in [-0.2, -0.15) is 4.98 Å². The second-order valence-corrected chi connectivity index (χ2v) is 10.2. The summed E-state index contributed by atoms with van der Waals surface area (Å²) in [6.07, 6.45) is 0. The van der Waals surface area contributed by atoms with E-state index in [9.17, 15) is 14.4 Å². The third kappa shape index (κ3) is 5.11. The van der Waals surface area contributed by atoms with Gasteiger partial charge >= 0.3 is 11.7 Å². The summed E-state index contributed by atoms with van der Waals surface area (Å²) in [5, 5.41) is 0. The fourth-order valence-electron chi connectivity index (χ4n) is 5.09. The average Bonchev–Trinajstić information content (AvgIpc) is 3.38. The van der Waals surface area contributed by atoms with Gasteiger partial charge in [0, 0.05) is 25.8 Å². The monoisotopic (exact) mass is 551 g/mol. The van der Waals surface area contributed by atoms with E-state index in [-0.39, 0.29) is 23.7 Å². The Bertz CT molecular complexity index is 1830. The normalized spacial score (nSPS) is 14.6. The van der Waals surface area contributed by atoms with Crippen LogP contribution in [0.25, 0.3) is 11.2 Å². The molecule has 0 amide bonds. The lowest BCUT2D eigenvalue weighted by molar-refractivity contribution is -0.145. The summed E-state index contributed by atoms with van der Waals surface area (Å²) in [6.45, 7) is 2.88. The summed E-state index contributed by atoms with van der Waals surface area (Å²) in [4.78, 5) is 46.2. The second kappa shape index (κ2) is 10.8. The van der Waals surface area contributed by atoms with Gasteiger partial charge in [0.05, 0.1) is 0 Å². The molecule has 0 saturated carbocycles. The number of hydrogen-bond donors (Lipinski definition) is 0. The van der Waals surface area contributed by atoms with Gasteiger partial charge in [0.15, 0.2) is 11.2 Å². The number of carbonyl (C=O) groups is 1. The molecule has 41 heavy (non-hydrogen) atoms. The van der Waals surface area contributed by atoms with Crippen molar-refractivity contribution in [2.75, 3.05) is 11.4 Å². The van der Waals surface area contributed by atoms with Crippen molar-refractivity contribution in [2.24, 2.45) is 13.0 Å². The van der Waals surface area contributed by atoms with Crippen molar-refractivity contribution < 1.29 is 14.3 Å². The third-order valence-corrected chi connectivity index (χ3v) is 7.10. The molecular formula is C31H29N5O5. The van der Waals surface area contributed by atoms with Gasteiger partial charge in [-0.15, -0.1) is 0 Å². The Labute approximate surface area is 235 Å². The zero-order valence-corrected chi connectivity index (χ0v) is 22.8. The first-order valence-corrected chi connectivity index (χ1v) is 13.4. The van der Waals surface area contributed by atoms with E-state index >= 15 is 0 Å². The van der Waals surface area contributed by atoms with Gasteiger partial charge in [-0.3, -0.25) is 14.2 Å². The Hall–Kier alpha value is -5.12. The summed E-state index contributed by atoms with van der Waals surface area (Å²) < 4.78 is 15.3. The molecule has 0 aliphatic carbocycles. The van der Waals surface area contributed by atoms with Crippen LogP contribution in [0.5, 0.6) is 11.5 Å². The maximum atomic E-state index is 13.7. The first kappa shape index (κ1) is 26.1. The van der Waals surface area contributed by atoms with E-state index in [1.807, 2.05) is 94.4 Å². The molecule has 208 valence electrons. The highest BCUT2D eigenvalue weighted by Gasteiger charge is 2.30.